The summed E-state index contributed by atoms with van der Waals surface area (Å²) in [6.07, 6.45) is 2.53. The molecule has 0 spiro atoms. The summed E-state index contributed by atoms with van der Waals surface area (Å²) in [5, 5.41) is 12.6. The van der Waals surface area contributed by atoms with Gasteiger partial charge in [-0.1, -0.05) is 41.7 Å². The fraction of sp³-hybridized carbons (Fsp3) is 0.412. The lowest BCUT2D eigenvalue weighted by molar-refractivity contribution is -0.127. The van der Waals surface area contributed by atoms with Crippen LogP contribution in [0.3, 0.4) is 0 Å². The van der Waals surface area contributed by atoms with Gasteiger partial charge in [0.25, 0.3) is 0 Å². The summed E-state index contributed by atoms with van der Waals surface area (Å²) in [4.78, 5) is 26.5. The molecule has 1 aliphatic carbocycles. The van der Waals surface area contributed by atoms with Crippen LogP contribution in [0.1, 0.15) is 41.8 Å². The van der Waals surface area contributed by atoms with Crippen LogP contribution in [0.2, 0.25) is 0 Å². The molecule has 7 heteroatoms. The molecule has 1 N–H and O–H groups in total. The third kappa shape index (κ3) is 2.80. The van der Waals surface area contributed by atoms with E-state index in [0.29, 0.717) is 11.0 Å². The number of carbonyl (C=O) groups excluding carboxylic acids is 2. The molecule has 1 aromatic carbocycles. The number of rotatable bonds is 4. The van der Waals surface area contributed by atoms with Gasteiger partial charge in [-0.05, 0) is 18.4 Å². The molecule has 6 nitrogen and oxygen atoms in total. The minimum Gasteiger partial charge on any atom is -0.338 e. The number of carbonyl (C=O) groups is 2. The monoisotopic (exact) mass is 342 g/mol. The van der Waals surface area contributed by atoms with Crippen LogP contribution in [0, 0.1) is 5.92 Å². The maximum atomic E-state index is 12.7. The van der Waals surface area contributed by atoms with Crippen molar-refractivity contribution in [1.29, 1.82) is 0 Å². The molecule has 2 aromatic rings. The van der Waals surface area contributed by atoms with Gasteiger partial charge in [0, 0.05) is 19.4 Å². The first-order valence-electron chi connectivity index (χ1n) is 8.08. The van der Waals surface area contributed by atoms with Gasteiger partial charge in [0.2, 0.25) is 16.9 Å². The van der Waals surface area contributed by atoms with Crippen molar-refractivity contribution in [3.8, 4) is 0 Å². The number of anilines is 1. The number of amides is 2. The Labute approximate surface area is 143 Å². The molecule has 2 atom stereocenters. The van der Waals surface area contributed by atoms with E-state index in [1.807, 2.05) is 30.3 Å². The van der Waals surface area contributed by atoms with Crippen LogP contribution in [0.15, 0.2) is 30.3 Å². The first kappa shape index (κ1) is 15.3. The Bertz CT molecular complexity index is 772. The van der Waals surface area contributed by atoms with Gasteiger partial charge in [-0.25, -0.2) is 0 Å². The van der Waals surface area contributed by atoms with Crippen molar-refractivity contribution in [3.05, 3.63) is 40.9 Å². The van der Waals surface area contributed by atoms with Gasteiger partial charge in [-0.2, -0.15) is 0 Å². The van der Waals surface area contributed by atoms with Crippen molar-refractivity contribution in [3.63, 3.8) is 0 Å². The average Bonchev–Trinajstić information content (AvgIpc) is 3.27. The molecule has 1 saturated heterocycles. The minimum absolute atomic E-state index is 0.0139. The molecule has 1 aliphatic heterocycles. The highest BCUT2D eigenvalue weighted by Crippen LogP contribution is 2.42. The van der Waals surface area contributed by atoms with E-state index in [1.54, 1.807) is 11.9 Å². The van der Waals surface area contributed by atoms with Crippen LogP contribution in [0.5, 0.6) is 0 Å². The predicted octanol–water partition coefficient (Wildman–Crippen LogP) is 2.57. The maximum absolute atomic E-state index is 12.7. The Morgan fingerprint density at radius 2 is 2.00 bits per heavy atom. The predicted molar refractivity (Wildman–Crippen MR) is 90.6 cm³/mol. The summed E-state index contributed by atoms with van der Waals surface area (Å²) in [7, 11) is 1.75. The number of nitrogens with one attached hydrogen (secondary N) is 1. The standard InChI is InChI=1S/C17H18N4O2S/c1-21-13(22)9-12(14(21)10-5-3-2-4-6-10)15(23)18-17-20-19-16(24-17)11-7-8-11/h2-6,11-12,14H,7-9H2,1H3,(H,18,20,23)/t12-,14-/m1/s1. The quantitative estimate of drug-likeness (QED) is 0.927. The van der Waals surface area contributed by atoms with Crippen molar-refractivity contribution in [2.24, 2.45) is 5.92 Å². The van der Waals surface area contributed by atoms with Gasteiger partial charge in [-0.3, -0.25) is 9.59 Å². The third-order valence-electron chi connectivity index (χ3n) is 4.66. The lowest BCUT2D eigenvalue weighted by Crippen LogP contribution is -2.29. The second kappa shape index (κ2) is 5.98. The van der Waals surface area contributed by atoms with Gasteiger partial charge >= 0.3 is 0 Å². The van der Waals surface area contributed by atoms with Crippen LogP contribution >= 0.6 is 11.3 Å². The molecule has 0 bridgehead atoms. The lowest BCUT2D eigenvalue weighted by Gasteiger charge is -2.24. The second-order valence-electron chi connectivity index (χ2n) is 6.38. The lowest BCUT2D eigenvalue weighted by atomic mass is 9.93. The summed E-state index contributed by atoms with van der Waals surface area (Å²) in [5.41, 5.74) is 0.974. The number of benzene rings is 1. The Kier molecular flexibility index (Phi) is 3.80. The molecule has 4 rings (SSSR count). The molecular formula is C17H18N4O2S. The molecular weight excluding hydrogens is 324 g/mol. The second-order valence-corrected chi connectivity index (χ2v) is 7.39. The van der Waals surface area contributed by atoms with Crippen LogP contribution in [-0.4, -0.2) is 34.0 Å². The Hall–Kier alpha value is -2.28. The number of aromatic nitrogens is 2. The Morgan fingerprint density at radius 1 is 1.25 bits per heavy atom. The van der Waals surface area contributed by atoms with E-state index >= 15 is 0 Å². The van der Waals surface area contributed by atoms with Crippen LogP contribution in [-0.2, 0) is 9.59 Å². The van der Waals surface area contributed by atoms with Gasteiger partial charge < -0.3 is 10.2 Å². The van der Waals surface area contributed by atoms with E-state index < -0.39 is 5.92 Å². The molecule has 1 aromatic heterocycles. The molecule has 2 amide bonds. The fourth-order valence-corrected chi connectivity index (χ4v) is 4.10. The topological polar surface area (TPSA) is 75.2 Å². The molecule has 0 unspecified atom stereocenters. The van der Waals surface area contributed by atoms with E-state index in [0.717, 1.165) is 23.4 Å². The zero-order valence-electron chi connectivity index (χ0n) is 13.3. The van der Waals surface area contributed by atoms with E-state index in [4.69, 9.17) is 0 Å². The number of hydrogen-bond acceptors (Lipinski definition) is 5. The maximum Gasteiger partial charge on any atom is 0.232 e. The largest absolute Gasteiger partial charge is 0.338 e. The fourth-order valence-electron chi connectivity index (χ4n) is 3.19. The summed E-state index contributed by atoms with van der Waals surface area (Å²) < 4.78 is 0. The average molecular weight is 342 g/mol. The first-order chi connectivity index (χ1) is 11.6. The minimum atomic E-state index is -0.418. The molecule has 24 heavy (non-hydrogen) atoms. The zero-order valence-corrected chi connectivity index (χ0v) is 14.1. The van der Waals surface area contributed by atoms with Gasteiger partial charge in [0.05, 0.1) is 12.0 Å². The molecule has 2 aliphatic rings. The van der Waals surface area contributed by atoms with E-state index in [1.165, 1.54) is 11.3 Å². The van der Waals surface area contributed by atoms with Crippen LogP contribution in [0.4, 0.5) is 5.13 Å². The van der Waals surface area contributed by atoms with Crippen molar-refractivity contribution >= 4 is 28.3 Å². The Morgan fingerprint density at radius 3 is 2.71 bits per heavy atom. The van der Waals surface area contributed by atoms with Gasteiger partial charge in [-0.15, -0.1) is 10.2 Å². The normalized spacial score (nSPS) is 23.5. The van der Waals surface area contributed by atoms with Crippen LogP contribution < -0.4 is 5.32 Å². The highest BCUT2D eigenvalue weighted by atomic mass is 32.1. The van der Waals surface area contributed by atoms with Crippen molar-refractivity contribution in [1.82, 2.24) is 15.1 Å². The zero-order chi connectivity index (χ0) is 16.7. The molecule has 1 saturated carbocycles. The molecule has 2 heterocycles. The third-order valence-corrected chi connectivity index (χ3v) is 5.66. The Balaban J connectivity index is 1.53. The van der Waals surface area contributed by atoms with Crippen LogP contribution in [0.25, 0.3) is 0 Å². The van der Waals surface area contributed by atoms with Crippen molar-refractivity contribution < 1.29 is 9.59 Å². The van der Waals surface area contributed by atoms with E-state index in [9.17, 15) is 9.59 Å². The summed E-state index contributed by atoms with van der Waals surface area (Å²) >= 11 is 1.44. The number of nitrogens with zero attached hydrogens (tertiary/aromatic N) is 3. The van der Waals surface area contributed by atoms with E-state index in [-0.39, 0.29) is 24.3 Å². The van der Waals surface area contributed by atoms with Gasteiger partial charge in [0.1, 0.15) is 5.01 Å². The smallest absolute Gasteiger partial charge is 0.232 e. The highest BCUT2D eigenvalue weighted by molar-refractivity contribution is 7.15. The molecule has 2 fully saturated rings. The van der Waals surface area contributed by atoms with E-state index in [2.05, 4.69) is 15.5 Å². The summed E-state index contributed by atoms with van der Waals surface area (Å²) in [5.74, 6) is -0.0810. The van der Waals surface area contributed by atoms with Gasteiger partial charge in [0.15, 0.2) is 0 Å². The van der Waals surface area contributed by atoms with Crippen molar-refractivity contribution in [2.75, 3.05) is 12.4 Å². The number of likely N-dealkylation sites (tertiary alicyclic amines) is 1. The van der Waals surface area contributed by atoms with Crippen molar-refractivity contribution in [2.45, 2.75) is 31.2 Å². The SMILES string of the molecule is CN1C(=O)C[C@@H](C(=O)Nc2nnc(C3CC3)s2)[C@H]1c1ccccc1. The first-order valence-corrected chi connectivity index (χ1v) is 8.90. The molecule has 0 radical (unpaired) electrons. The highest BCUT2D eigenvalue weighted by Gasteiger charge is 2.43. The summed E-state index contributed by atoms with van der Waals surface area (Å²) in [6, 6.07) is 9.44. The number of hydrogen-bond donors (Lipinski definition) is 1. The molecule has 124 valence electrons. The summed E-state index contributed by atoms with van der Waals surface area (Å²) in [6.45, 7) is 0.